The molecule has 20 heavy (non-hydrogen) atoms. The maximum Gasteiger partial charge on any atom is 0.371 e. The Morgan fingerprint density at radius 1 is 1.55 bits per heavy atom. The molecule has 1 heterocycles. The number of carbonyl (C=O) groups is 1. The zero-order valence-electron chi connectivity index (χ0n) is 11.3. The second kappa shape index (κ2) is 5.55. The van der Waals surface area contributed by atoms with E-state index >= 15 is 0 Å². The third kappa shape index (κ3) is 3.02. The minimum Gasteiger partial charge on any atom is -0.475 e. The maximum absolute atomic E-state index is 12.2. The van der Waals surface area contributed by atoms with Crippen molar-refractivity contribution in [2.75, 3.05) is 6.61 Å². The van der Waals surface area contributed by atoms with Gasteiger partial charge >= 0.3 is 5.97 Å². The molecule has 0 amide bonds. The summed E-state index contributed by atoms with van der Waals surface area (Å²) in [7, 11) is -3.76. The zero-order chi connectivity index (χ0) is 14.9. The van der Waals surface area contributed by atoms with Crippen LogP contribution >= 0.6 is 0 Å². The Hall–Kier alpha value is -1.38. The number of ether oxygens (including phenoxy) is 1. The average molecular weight is 303 g/mol. The number of nitrogens with one attached hydrogen (secondary N) is 1. The molecule has 0 spiro atoms. The van der Waals surface area contributed by atoms with Crippen molar-refractivity contribution in [3.8, 4) is 0 Å². The van der Waals surface area contributed by atoms with E-state index < -0.39 is 16.0 Å². The minimum atomic E-state index is -3.76. The Balaban J connectivity index is 2.06. The van der Waals surface area contributed by atoms with Gasteiger partial charge in [0.05, 0.1) is 6.10 Å². The fourth-order valence-corrected chi connectivity index (χ4v) is 3.59. The number of carboxylic acid groups (broad SMARTS) is 1. The van der Waals surface area contributed by atoms with Crippen LogP contribution in [0.2, 0.25) is 0 Å². The van der Waals surface area contributed by atoms with Crippen molar-refractivity contribution >= 4 is 16.0 Å². The van der Waals surface area contributed by atoms with Crippen molar-refractivity contribution in [1.82, 2.24) is 4.72 Å². The lowest BCUT2D eigenvalue weighted by molar-refractivity contribution is -0.00476. The number of furan rings is 1. The van der Waals surface area contributed by atoms with Crippen LogP contribution in [0.15, 0.2) is 15.4 Å². The molecule has 2 rings (SSSR count). The third-order valence-corrected chi connectivity index (χ3v) is 4.82. The van der Waals surface area contributed by atoms with E-state index in [-0.39, 0.29) is 28.6 Å². The molecule has 0 aromatic carbocycles. The summed E-state index contributed by atoms with van der Waals surface area (Å²) in [5.41, 5.74) is 0. The number of carboxylic acids is 1. The number of hydrogen-bond acceptors (Lipinski definition) is 5. The summed E-state index contributed by atoms with van der Waals surface area (Å²) in [6.07, 6.45) is 1.33. The fraction of sp³-hybridized carbons (Fsp3) is 0.583. The predicted octanol–water partition coefficient (Wildman–Crippen LogP) is 1.13. The summed E-state index contributed by atoms with van der Waals surface area (Å²) < 4.78 is 37.1. The first kappa shape index (κ1) is 15.0. The molecule has 0 atom stereocenters. The highest BCUT2D eigenvalue weighted by Crippen LogP contribution is 2.26. The Labute approximate surface area is 117 Å². The van der Waals surface area contributed by atoms with Gasteiger partial charge in [-0.05, 0) is 26.7 Å². The van der Waals surface area contributed by atoms with Crippen molar-refractivity contribution in [3.63, 3.8) is 0 Å². The van der Waals surface area contributed by atoms with Crippen LogP contribution in [-0.4, -0.2) is 38.2 Å². The molecular formula is C12H17NO6S. The lowest BCUT2D eigenvalue weighted by Crippen LogP contribution is -2.47. The van der Waals surface area contributed by atoms with E-state index in [1.807, 2.05) is 6.92 Å². The van der Waals surface area contributed by atoms with Gasteiger partial charge in [0.25, 0.3) is 0 Å². The first-order valence-corrected chi connectivity index (χ1v) is 7.79. The quantitative estimate of drug-likeness (QED) is 0.816. The van der Waals surface area contributed by atoms with Crippen LogP contribution in [-0.2, 0) is 14.8 Å². The van der Waals surface area contributed by atoms with Crippen LogP contribution < -0.4 is 4.72 Å². The minimum absolute atomic E-state index is 0.0654. The SMILES string of the molecule is CCOC1CC(NS(=O)(=O)c2cc(C(=O)O)oc2C)C1. The number of rotatable bonds is 6. The zero-order valence-corrected chi connectivity index (χ0v) is 12.1. The molecule has 8 heteroatoms. The van der Waals surface area contributed by atoms with Crippen LogP contribution in [0.1, 0.15) is 36.1 Å². The standard InChI is InChI=1S/C12H17NO6S/c1-3-18-9-4-8(5-9)13-20(16,17)11-6-10(12(14)15)19-7(11)2/h6,8-9,13H,3-5H2,1-2H3,(H,14,15). The summed E-state index contributed by atoms with van der Waals surface area (Å²) in [6.45, 7) is 3.91. The topological polar surface area (TPSA) is 106 Å². The van der Waals surface area contributed by atoms with Gasteiger partial charge in [-0.15, -0.1) is 0 Å². The van der Waals surface area contributed by atoms with Crippen molar-refractivity contribution in [2.45, 2.75) is 43.7 Å². The van der Waals surface area contributed by atoms with E-state index in [1.54, 1.807) is 0 Å². The molecule has 1 fully saturated rings. The Kier molecular flexibility index (Phi) is 4.17. The van der Waals surface area contributed by atoms with Gasteiger partial charge in [0.1, 0.15) is 10.7 Å². The summed E-state index contributed by atoms with van der Waals surface area (Å²) >= 11 is 0. The molecule has 0 aliphatic heterocycles. The van der Waals surface area contributed by atoms with Gasteiger partial charge in [-0.1, -0.05) is 0 Å². The molecule has 1 aromatic rings. The maximum atomic E-state index is 12.2. The van der Waals surface area contributed by atoms with Crippen molar-refractivity contribution in [1.29, 1.82) is 0 Å². The highest BCUT2D eigenvalue weighted by Gasteiger charge is 2.34. The van der Waals surface area contributed by atoms with E-state index in [0.717, 1.165) is 6.07 Å². The van der Waals surface area contributed by atoms with Crippen molar-refractivity contribution < 1.29 is 27.5 Å². The van der Waals surface area contributed by atoms with E-state index in [0.29, 0.717) is 19.4 Å². The molecule has 1 aliphatic carbocycles. The molecule has 0 unspecified atom stereocenters. The molecule has 0 bridgehead atoms. The smallest absolute Gasteiger partial charge is 0.371 e. The summed E-state index contributed by atoms with van der Waals surface area (Å²) in [6, 6.07) is 0.845. The van der Waals surface area contributed by atoms with Gasteiger partial charge in [0.15, 0.2) is 0 Å². The van der Waals surface area contributed by atoms with Crippen LogP contribution in [0.4, 0.5) is 0 Å². The van der Waals surface area contributed by atoms with E-state index in [1.165, 1.54) is 6.92 Å². The molecule has 112 valence electrons. The molecule has 1 saturated carbocycles. The predicted molar refractivity (Wildman–Crippen MR) is 69.2 cm³/mol. The third-order valence-electron chi connectivity index (χ3n) is 3.19. The lowest BCUT2D eigenvalue weighted by atomic mass is 9.90. The summed E-state index contributed by atoms with van der Waals surface area (Å²) in [5, 5.41) is 8.80. The van der Waals surface area contributed by atoms with E-state index in [9.17, 15) is 13.2 Å². The Bertz CT molecular complexity index is 599. The van der Waals surface area contributed by atoms with Gasteiger partial charge in [-0.3, -0.25) is 0 Å². The number of sulfonamides is 1. The lowest BCUT2D eigenvalue weighted by Gasteiger charge is -2.34. The Morgan fingerprint density at radius 3 is 2.70 bits per heavy atom. The van der Waals surface area contributed by atoms with Gasteiger partial charge in [0.2, 0.25) is 15.8 Å². The molecule has 1 aliphatic rings. The summed E-state index contributed by atoms with van der Waals surface area (Å²) in [4.78, 5) is 10.6. The van der Waals surface area contributed by atoms with Gasteiger partial charge < -0.3 is 14.3 Å². The highest BCUT2D eigenvalue weighted by molar-refractivity contribution is 7.89. The molecule has 7 nitrogen and oxygen atoms in total. The number of aromatic carboxylic acids is 1. The molecule has 0 radical (unpaired) electrons. The largest absolute Gasteiger partial charge is 0.475 e. The normalized spacial score (nSPS) is 22.5. The monoisotopic (exact) mass is 303 g/mol. The first-order valence-electron chi connectivity index (χ1n) is 6.31. The van der Waals surface area contributed by atoms with Crippen LogP contribution in [0, 0.1) is 6.92 Å². The molecular weight excluding hydrogens is 286 g/mol. The van der Waals surface area contributed by atoms with Gasteiger partial charge in [-0.25, -0.2) is 17.9 Å². The highest BCUT2D eigenvalue weighted by atomic mass is 32.2. The Morgan fingerprint density at radius 2 is 2.20 bits per heavy atom. The van der Waals surface area contributed by atoms with E-state index in [2.05, 4.69) is 4.72 Å². The number of aryl methyl sites for hydroxylation is 1. The fourth-order valence-electron chi connectivity index (χ4n) is 2.15. The van der Waals surface area contributed by atoms with E-state index in [4.69, 9.17) is 14.3 Å². The van der Waals surface area contributed by atoms with Crippen LogP contribution in [0.5, 0.6) is 0 Å². The average Bonchev–Trinajstić information content (AvgIpc) is 2.69. The van der Waals surface area contributed by atoms with Crippen molar-refractivity contribution in [2.24, 2.45) is 0 Å². The second-order valence-electron chi connectivity index (χ2n) is 4.70. The van der Waals surface area contributed by atoms with Crippen LogP contribution in [0.3, 0.4) is 0 Å². The van der Waals surface area contributed by atoms with Gasteiger partial charge in [0, 0.05) is 18.7 Å². The van der Waals surface area contributed by atoms with Crippen LogP contribution in [0.25, 0.3) is 0 Å². The molecule has 1 aromatic heterocycles. The summed E-state index contributed by atoms with van der Waals surface area (Å²) in [5.74, 6) is -1.62. The van der Waals surface area contributed by atoms with Gasteiger partial charge in [-0.2, -0.15) is 0 Å². The second-order valence-corrected chi connectivity index (χ2v) is 6.39. The molecule has 0 saturated heterocycles. The first-order chi connectivity index (χ1) is 9.33. The number of hydrogen-bond donors (Lipinski definition) is 2. The molecule has 2 N–H and O–H groups in total. The van der Waals surface area contributed by atoms with Crippen molar-refractivity contribution in [3.05, 3.63) is 17.6 Å².